The van der Waals surface area contributed by atoms with Gasteiger partial charge in [-0.05, 0) is 38.8 Å². The molecule has 1 aliphatic rings. The van der Waals surface area contributed by atoms with Crippen LogP contribution in [0.25, 0.3) is 0 Å². The van der Waals surface area contributed by atoms with Gasteiger partial charge in [-0.15, -0.1) is 47.1 Å². The first-order valence-electron chi connectivity index (χ1n) is 8.22. The Morgan fingerprint density at radius 1 is 1.24 bits per heavy atom. The first-order valence-corrected chi connectivity index (χ1v) is 9.85. The molecule has 2 N–H and O–H groups in total. The van der Waals surface area contributed by atoms with Gasteiger partial charge >= 0.3 is 0 Å². The number of thiazole rings is 1. The largest absolute Gasteiger partial charge is 0.355 e. The molecule has 0 atom stereocenters. The zero-order valence-corrected chi connectivity index (χ0v) is 18.8. The van der Waals surface area contributed by atoms with Crippen molar-refractivity contribution in [2.75, 3.05) is 13.6 Å². The maximum Gasteiger partial charge on any atom is 0.191 e. The van der Waals surface area contributed by atoms with Gasteiger partial charge < -0.3 is 10.6 Å². The lowest BCUT2D eigenvalue weighted by Crippen LogP contribution is -2.40. The van der Waals surface area contributed by atoms with Gasteiger partial charge in [0.25, 0.3) is 0 Å². The molecule has 0 aliphatic heterocycles. The number of hydrogen-bond acceptors (Lipinski definition) is 4. The minimum absolute atomic E-state index is 0. The third kappa shape index (κ3) is 5.86. The molecule has 136 valence electrons. The van der Waals surface area contributed by atoms with Crippen LogP contribution < -0.4 is 10.6 Å². The van der Waals surface area contributed by atoms with E-state index < -0.39 is 0 Å². The normalized spacial score (nSPS) is 15.4. The number of guanidine groups is 1. The third-order valence-electron chi connectivity index (χ3n) is 4.17. The van der Waals surface area contributed by atoms with E-state index in [2.05, 4.69) is 64.8 Å². The van der Waals surface area contributed by atoms with Gasteiger partial charge in [-0.1, -0.05) is 18.2 Å². The highest BCUT2D eigenvalue weighted by atomic mass is 127. The Bertz CT molecular complexity index is 692. The number of rotatable bonds is 6. The zero-order valence-electron chi connectivity index (χ0n) is 14.8. The van der Waals surface area contributed by atoms with Crippen LogP contribution in [0.3, 0.4) is 0 Å². The number of hydrogen-bond donors (Lipinski definition) is 2. The van der Waals surface area contributed by atoms with Gasteiger partial charge in [0.1, 0.15) is 5.01 Å². The fourth-order valence-corrected chi connectivity index (χ4v) is 4.55. The van der Waals surface area contributed by atoms with Crippen LogP contribution in [0.15, 0.2) is 40.2 Å². The van der Waals surface area contributed by atoms with Crippen LogP contribution in [-0.4, -0.2) is 29.3 Å². The van der Waals surface area contributed by atoms with Crippen molar-refractivity contribution in [2.24, 2.45) is 4.99 Å². The molecule has 1 saturated carbocycles. The molecule has 0 radical (unpaired) electrons. The highest BCUT2D eigenvalue weighted by Crippen LogP contribution is 2.51. The molecule has 2 aromatic rings. The van der Waals surface area contributed by atoms with E-state index in [1.165, 1.54) is 22.6 Å². The monoisotopic (exact) mass is 488 g/mol. The summed E-state index contributed by atoms with van der Waals surface area (Å²) in [7, 11) is 1.82. The predicted molar refractivity (Wildman–Crippen MR) is 119 cm³/mol. The second kappa shape index (κ2) is 9.23. The molecule has 3 rings (SSSR count). The molecule has 1 aromatic carbocycles. The lowest BCUT2D eigenvalue weighted by Gasteiger charge is -2.18. The Morgan fingerprint density at radius 2 is 1.96 bits per heavy atom. The molecule has 0 bridgehead atoms. The van der Waals surface area contributed by atoms with E-state index >= 15 is 0 Å². The highest BCUT2D eigenvalue weighted by molar-refractivity contribution is 14.0. The van der Waals surface area contributed by atoms with Gasteiger partial charge in [-0.2, -0.15) is 0 Å². The second-order valence-corrected chi connectivity index (χ2v) is 8.96. The van der Waals surface area contributed by atoms with E-state index in [0.717, 1.165) is 29.8 Å². The van der Waals surface area contributed by atoms with Crippen LogP contribution in [0.2, 0.25) is 0 Å². The number of nitrogens with zero attached hydrogens (tertiary/aromatic N) is 2. The Morgan fingerprint density at radius 3 is 2.52 bits per heavy atom. The molecule has 1 heterocycles. The number of benzene rings is 1. The van der Waals surface area contributed by atoms with Crippen molar-refractivity contribution in [2.45, 2.75) is 42.9 Å². The van der Waals surface area contributed by atoms with Crippen LogP contribution in [0, 0.1) is 13.8 Å². The van der Waals surface area contributed by atoms with Crippen LogP contribution in [0.4, 0.5) is 0 Å². The molecular weight excluding hydrogens is 463 g/mol. The van der Waals surface area contributed by atoms with E-state index in [4.69, 9.17) is 0 Å². The van der Waals surface area contributed by atoms with Gasteiger partial charge in [-0.25, -0.2) is 4.98 Å². The Hall–Kier alpha value is -0.800. The van der Waals surface area contributed by atoms with Crippen molar-refractivity contribution in [3.8, 4) is 0 Å². The topological polar surface area (TPSA) is 49.3 Å². The van der Waals surface area contributed by atoms with E-state index in [0.29, 0.717) is 4.75 Å². The number of thioether (sulfide) groups is 1. The van der Waals surface area contributed by atoms with Crippen molar-refractivity contribution < 1.29 is 0 Å². The minimum Gasteiger partial charge on any atom is -0.355 e. The summed E-state index contributed by atoms with van der Waals surface area (Å²) >= 11 is 3.72. The summed E-state index contributed by atoms with van der Waals surface area (Å²) in [5.74, 6) is 0.848. The number of aryl methyl sites for hydroxylation is 2. The molecule has 0 spiro atoms. The van der Waals surface area contributed by atoms with Crippen molar-refractivity contribution in [1.29, 1.82) is 0 Å². The fourth-order valence-electron chi connectivity index (χ4n) is 2.43. The number of aromatic nitrogens is 1. The van der Waals surface area contributed by atoms with E-state index in [-0.39, 0.29) is 24.0 Å². The Labute approximate surface area is 175 Å². The van der Waals surface area contributed by atoms with Crippen LogP contribution in [-0.2, 0) is 6.54 Å². The molecule has 1 aliphatic carbocycles. The summed E-state index contributed by atoms with van der Waals surface area (Å²) in [5, 5.41) is 7.95. The second-order valence-electron chi connectivity index (χ2n) is 6.13. The average Bonchev–Trinajstić information content (AvgIpc) is 3.27. The Kier molecular flexibility index (Phi) is 7.57. The Balaban J connectivity index is 0.00000225. The van der Waals surface area contributed by atoms with E-state index in [9.17, 15) is 0 Å². The van der Waals surface area contributed by atoms with Gasteiger partial charge in [0, 0.05) is 28.1 Å². The molecular formula is C18H25IN4S2. The third-order valence-corrected chi connectivity index (χ3v) is 6.73. The molecule has 25 heavy (non-hydrogen) atoms. The van der Waals surface area contributed by atoms with Gasteiger partial charge in [-0.3, -0.25) is 4.99 Å². The molecule has 7 heteroatoms. The lowest BCUT2D eigenvalue weighted by atomic mass is 10.4. The standard InChI is InChI=1S/C18H24N4S2.HI/c1-13-14(2)23-16(22-13)11-20-17(19-3)21-12-18(9-10-18)24-15-7-5-4-6-8-15;/h4-8H,9-12H2,1-3H3,(H2,19,20,21);1H. The van der Waals surface area contributed by atoms with Crippen LogP contribution in [0.1, 0.15) is 28.4 Å². The predicted octanol–water partition coefficient (Wildman–Crippen LogP) is 4.37. The minimum atomic E-state index is 0. The van der Waals surface area contributed by atoms with E-state index in [1.54, 1.807) is 11.3 Å². The maximum atomic E-state index is 4.56. The SMILES string of the molecule is CN=C(NCc1nc(C)c(C)s1)NCC1(Sc2ccccc2)CC1.I. The van der Waals surface area contributed by atoms with Crippen LogP contribution >= 0.6 is 47.1 Å². The highest BCUT2D eigenvalue weighted by Gasteiger charge is 2.43. The number of halogens is 1. The van der Waals surface area contributed by atoms with Gasteiger partial charge in [0.15, 0.2) is 5.96 Å². The van der Waals surface area contributed by atoms with E-state index in [1.807, 2.05) is 18.8 Å². The van der Waals surface area contributed by atoms with Crippen LogP contribution in [0.5, 0.6) is 0 Å². The molecule has 1 fully saturated rings. The summed E-state index contributed by atoms with van der Waals surface area (Å²) < 4.78 is 0.313. The van der Waals surface area contributed by atoms with Crippen molar-refractivity contribution in [1.82, 2.24) is 15.6 Å². The van der Waals surface area contributed by atoms with Crippen molar-refractivity contribution in [3.63, 3.8) is 0 Å². The zero-order chi connectivity index (χ0) is 17.0. The summed E-state index contributed by atoms with van der Waals surface area (Å²) in [5.41, 5.74) is 1.12. The van der Waals surface area contributed by atoms with Gasteiger partial charge in [0.05, 0.1) is 12.2 Å². The summed E-state index contributed by atoms with van der Waals surface area (Å²) in [6.45, 7) is 5.82. The molecule has 1 aromatic heterocycles. The smallest absolute Gasteiger partial charge is 0.191 e. The molecule has 0 saturated heterocycles. The first-order chi connectivity index (χ1) is 11.6. The summed E-state index contributed by atoms with van der Waals surface area (Å²) in [6, 6.07) is 10.6. The first kappa shape index (κ1) is 20.5. The number of nitrogens with one attached hydrogen (secondary N) is 2. The maximum absolute atomic E-state index is 4.56. The summed E-state index contributed by atoms with van der Waals surface area (Å²) in [4.78, 5) is 11.5. The summed E-state index contributed by atoms with van der Waals surface area (Å²) in [6.07, 6.45) is 2.50. The lowest BCUT2D eigenvalue weighted by molar-refractivity contribution is 0.764. The quantitative estimate of drug-likeness (QED) is 0.360. The average molecular weight is 488 g/mol. The molecule has 4 nitrogen and oxygen atoms in total. The van der Waals surface area contributed by atoms with Gasteiger partial charge in [0.2, 0.25) is 0 Å². The molecule has 0 amide bonds. The van der Waals surface area contributed by atoms with Crippen molar-refractivity contribution in [3.05, 3.63) is 45.9 Å². The fraction of sp³-hybridized carbons (Fsp3) is 0.444. The molecule has 0 unspecified atom stereocenters. The number of aliphatic imine (C=N–C) groups is 1. The van der Waals surface area contributed by atoms with Crippen molar-refractivity contribution >= 4 is 53.0 Å².